The highest BCUT2D eigenvalue weighted by molar-refractivity contribution is 5.88. The van der Waals surface area contributed by atoms with Crippen LogP contribution in [0.25, 0.3) is 11.1 Å². The molecule has 1 N–H and O–H groups in total. The molecule has 0 unspecified atom stereocenters. The lowest BCUT2D eigenvalue weighted by Gasteiger charge is -2.41. The van der Waals surface area contributed by atoms with Crippen LogP contribution >= 0.6 is 0 Å². The van der Waals surface area contributed by atoms with Gasteiger partial charge in [0, 0.05) is 55.6 Å². The third-order valence-electron chi connectivity index (χ3n) is 8.32. The number of ether oxygens (including phenoxy) is 1. The van der Waals surface area contributed by atoms with Crippen molar-refractivity contribution >= 4 is 17.6 Å². The van der Waals surface area contributed by atoms with Gasteiger partial charge in [-0.15, -0.1) is 0 Å². The van der Waals surface area contributed by atoms with Crippen LogP contribution in [0.5, 0.6) is 0 Å². The summed E-state index contributed by atoms with van der Waals surface area (Å²) in [6.07, 6.45) is 0.789. The van der Waals surface area contributed by atoms with Crippen molar-refractivity contribution in [1.82, 2.24) is 9.88 Å². The van der Waals surface area contributed by atoms with Crippen molar-refractivity contribution in [2.75, 3.05) is 18.0 Å². The number of carbonyl (C=O) groups is 2. The highest BCUT2D eigenvalue weighted by atomic mass is 19.1. The summed E-state index contributed by atoms with van der Waals surface area (Å²) in [7, 11) is 0. The number of anilines is 1. The minimum atomic E-state index is -1.18. The van der Waals surface area contributed by atoms with Gasteiger partial charge in [-0.1, -0.05) is 50.2 Å². The van der Waals surface area contributed by atoms with Crippen molar-refractivity contribution in [3.8, 4) is 11.1 Å². The first kappa shape index (κ1) is 33.1. The van der Waals surface area contributed by atoms with Crippen molar-refractivity contribution in [1.29, 1.82) is 0 Å². The van der Waals surface area contributed by atoms with Crippen LogP contribution in [0.15, 0.2) is 48.5 Å². The van der Waals surface area contributed by atoms with Crippen LogP contribution < -0.4 is 4.90 Å². The fourth-order valence-electron chi connectivity index (χ4n) is 5.84. The summed E-state index contributed by atoms with van der Waals surface area (Å²) >= 11 is 0. The number of pyridine rings is 1. The Balaban J connectivity index is 1.76. The maximum Gasteiger partial charge on any atom is 0.337 e. The predicted molar refractivity (Wildman–Crippen MR) is 172 cm³/mol. The molecule has 1 atom stereocenters. The smallest absolute Gasteiger partial charge is 0.337 e. The van der Waals surface area contributed by atoms with E-state index in [2.05, 4.69) is 18.7 Å². The fourth-order valence-corrected chi connectivity index (χ4v) is 5.84. The fraction of sp³-hybridized carbons (Fsp3) is 0.472. The zero-order valence-electron chi connectivity index (χ0n) is 27.3. The summed E-state index contributed by atoms with van der Waals surface area (Å²) in [5.74, 6) is -1.43. The first-order chi connectivity index (χ1) is 20.5. The molecule has 1 aliphatic rings. The Morgan fingerprint density at radius 2 is 1.50 bits per heavy atom. The van der Waals surface area contributed by atoms with Crippen molar-refractivity contribution < 1.29 is 23.8 Å². The molecule has 1 aliphatic heterocycles. The molecule has 2 heterocycles. The van der Waals surface area contributed by atoms with E-state index in [4.69, 9.17) is 9.72 Å². The van der Waals surface area contributed by atoms with Crippen molar-refractivity contribution in [2.45, 2.75) is 93.0 Å². The number of benzene rings is 2. The molecule has 1 amide bonds. The Morgan fingerprint density at radius 3 is 1.98 bits per heavy atom. The maximum atomic E-state index is 13.4. The van der Waals surface area contributed by atoms with Crippen LogP contribution in [-0.4, -0.2) is 45.6 Å². The standard InChI is InChI=1S/C36H46FN3O4/c1-23-30(28-13-9-26(10-14-28)21-40(25(3)41)22-27-11-15-29(37)16-12-27)32(39-19-17-36(7,8)18-20-39)31(24(2)38-23)33(34(42)43)44-35(4,5)6/h9-16,33H,17-22H2,1-8H3,(H,42,43)/t33-/m0/s1. The summed E-state index contributed by atoms with van der Waals surface area (Å²) in [6, 6.07) is 14.2. The van der Waals surface area contributed by atoms with Gasteiger partial charge in [-0.3, -0.25) is 9.78 Å². The highest BCUT2D eigenvalue weighted by Crippen LogP contribution is 2.44. The molecule has 1 saturated heterocycles. The van der Waals surface area contributed by atoms with Crippen LogP contribution in [0.3, 0.4) is 0 Å². The molecule has 1 fully saturated rings. The number of hydrogen-bond acceptors (Lipinski definition) is 5. The lowest BCUT2D eigenvalue weighted by atomic mass is 9.81. The van der Waals surface area contributed by atoms with Gasteiger partial charge in [0.15, 0.2) is 6.10 Å². The zero-order chi connectivity index (χ0) is 32.4. The minimum Gasteiger partial charge on any atom is -0.479 e. The predicted octanol–water partition coefficient (Wildman–Crippen LogP) is 7.62. The Morgan fingerprint density at radius 1 is 0.977 bits per heavy atom. The summed E-state index contributed by atoms with van der Waals surface area (Å²) in [4.78, 5) is 34.1. The molecule has 236 valence electrons. The van der Waals surface area contributed by atoms with Gasteiger partial charge in [-0.05, 0) is 81.7 Å². The quantitative estimate of drug-likeness (QED) is 0.271. The monoisotopic (exact) mass is 603 g/mol. The van der Waals surface area contributed by atoms with E-state index in [0.29, 0.717) is 24.3 Å². The molecule has 44 heavy (non-hydrogen) atoms. The zero-order valence-corrected chi connectivity index (χ0v) is 27.3. The molecule has 3 aromatic rings. The average molecular weight is 604 g/mol. The topological polar surface area (TPSA) is 83.0 Å². The van der Waals surface area contributed by atoms with E-state index in [-0.39, 0.29) is 17.1 Å². The van der Waals surface area contributed by atoms with Gasteiger partial charge in [-0.2, -0.15) is 0 Å². The van der Waals surface area contributed by atoms with E-state index in [0.717, 1.165) is 59.6 Å². The second kappa shape index (κ2) is 13.1. The van der Waals surface area contributed by atoms with E-state index in [9.17, 15) is 19.1 Å². The van der Waals surface area contributed by atoms with Crippen LogP contribution in [0.2, 0.25) is 0 Å². The number of carboxylic acids is 1. The SMILES string of the molecule is CC(=O)N(Cc1ccc(F)cc1)Cc1ccc(-c2c(C)nc(C)c([C@H](OC(C)(C)C)C(=O)O)c2N2CCC(C)(C)CC2)cc1. The van der Waals surface area contributed by atoms with E-state index in [1.165, 1.54) is 19.1 Å². The normalized spacial score (nSPS) is 15.6. The number of amides is 1. The van der Waals surface area contributed by atoms with Crippen LogP contribution in [0.1, 0.15) is 88.6 Å². The Hall–Kier alpha value is -3.78. The molecule has 2 aromatic carbocycles. The maximum absolute atomic E-state index is 13.4. The number of hydrogen-bond donors (Lipinski definition) is 1. The van der Waals surface area contributed by atoms with E-state index >= 15 is 0 Å². The van der Waals surface area contributed by atoms with Crippen LogP contribution in [0, 0.1) is 25.1 Å². The van der Waals surface area contributed by atoms with Gasteiger partial charge in [0.05, 0.1) is 11.3 Å². The Bertz CT molecular complexity index is 1480. The number of halogens is 1. The Labute approximate surface area is 261 Å². The van der Waals surface area contributed by atoms with Crippen molar-refractivity contribution in [2.24, 2.45) is 5.41 Å². The lowest BCUT2D eigenvalue weighted by molar-refractivity contribution is -0.160. The van der Waals surface area contributed by atoms with Gasteiger partial charge < -0.3 is 19.6 Å². The summed E-state index contributed by atoms with van der Waals surface area (Å²) < 4.78 is 19.6. The second-order valence-corrected chi connectivity index (χ2v) is 13.7. The van der Waals surface area contributed by atoms with Crippen LogP contribution in [-0.2, 0) is 27.4 Å². The first-order valence-corrected chi connectivity index (χ1v) is 15.3. The summed E-state index contributed by atoms with van der Waals surface area (Å²) in [6.45, 7) is 17.9. The van der Waals surface area contributed by atoms with Gasteiger partial charge in [-0.25, -0.2) is 9.18 Å². The van der Waals surface area contributed by atoms with E-state index < -0.39 is 17.7 Å². The van der Waals surface area contributed by atoms with Gasteiger partial charge in [0.2, 0.25) is 5.91 Å². The molecule has 7 nitrogen and oxygen atoms in total. The molecule has 0 aliphatic carbocycles. The molecule has 0 bridgehead atoms. The van der Waals surface area contributed by atoms with Crippen LogP contribution in [0.4, 0.5) is 10.1 Å². The van der Waals surface area contributed by atoms with E-state index in [1.54, 1.807) is 17.0 Å². The highest BCUT2D eigenvalue weighted by Gasteiger charge is 2.36. The molecule has 0 spiro atoms. The van der Waals surface area contributed by atoms with Crippen molar-refractivity contribution in [3.05, 3.63) is 82.4 Å². The number of rotatable bonds is 9. The molecular formula is C36H46FN3O4. The molecule has 0 radical (unpaired) electrons. The lowest BCUT2D eigenvalue weighted by Crippen LogP contribution is -2.39. The number of aryl methyl sites for hydroxylation is 2. The largest absolute Gasteiger partial charge is 0.479 e. The minimum absolute atomic E-state index is 0.0736. The summed E-state index contributed by atoms with van der Waals surface area (Å²) in [5.41, 5.74) is 6.09. The third-order valence-corrected chi connectivity index (χ3v) is 8.32. The number of carbonyl (C=O) groups excluding carboxylic acids is 1. The molecule has 1 aromatic heterocycles. The van der Waals surface area contributed by atoms with Gasteiger partial charge in [0.25, 0.3) is 0 Å². The number of nitrogens with zero attached hydrogens (tertiary/aromatic N) is 3. The average Bonchev–Trinajstić information content (AvgIpc) is 2.92. The van der Waals surface area contributed by atoms with Crippen molar-refractivity contribution in [3.63, 3.8) is 0 Å². The molecule has 0 saturated carbocycles. The Kier molecular flexibility index (Phi) is 9.83. The van der Waals surface area contributed by atoms with Gasteiger partial charge >= 0.3 is 5.97 Å². The number of aromatic nitrogens is 1. The second-order valence-electron chi connectivity index (χ2n) is 13.7. The number of aliphatic carboxylic acids is 1. The molecule has 4 rings (SSSR count). The molecule has 8 heteroatoms. The third kappa shape index (κ3) is 8.03. The number of carboxylic acid groups (broad SMARTS) is 1. The van der Waals surface area contributed by atoms with E-state index in [1.807, 2.05) is 58.9 Å². The molecular weight excluding hydrogens is 557 g/mol. The summed E-state index contributed by atoms with van der Waals surface area (Å²) in [5, 5.41) is 10.4. The van der Waals surface area contributed by atoms with Gasteiger partial charge in [0.1, 0.15) is 5.82 Å². The number of piperidine rings is 1. The first-order valence-electron chi connectivity index (χ1n) is 15.3.